The zero-order valence-corrected chi connectivity index (χ0v) is 10.2. The fourth-order valence-corrected chi connectivity index (χ4v) is 2.70. The van der Waals surface area contributed by atoms with Gasteiger partial charge >= 0.3 is 0 Å². The molecule has 0 aromatic carbocycles. The Labute approximate surface area is 96.8 Å². The third kappa shape index (κ3) is 1.94. The van der Waals surface area contributed by atoms with Gasteiger partial charge in [0, 0.05) is 16.3 Å². The first-order valence-corrected chi connectivity index (χ1v) is 6.35. The molecule has 4 heteroatoms. The van der Waals surface area contributed by atoms with Crippen molar-refractivity contribution in [2.24, 2.45) is 0 Å². The molecule has 2 rings (SSSR count). The summed E-state index contributed by atoms with van der Waals surface area (Å²) >= 11 is 3.21. The molecule has 0 unspecified atom stereocenters. The molecule has 0 aliphatic rings. The highest BCUT2D eigenvalue weighted by Crippen LogP contribution is 2.30. The van der Waals surface area contributed by atoms with Crippen LogP contribution in [-0.2, 0) is 5.41 Å². The van der Waals surface area contributed by atoms with Gasteiger partial charge in [-0.05, 0) is 25.3 Å². The van der Waals surface area contributed by atoms with Gasteiger partial charge in [0.05, 0.1) is 11.8 Å². The van der Waals surface area contributed by atoms with Crippen LogP contribution in [0.15, 0.2) is 22.2 Å². The summed E-state index contributed by atoms with van der Waals surface area (Å²) in [5.41, 5.74) is 1.62. The van der Waals surface area contributed by atoms with Gasteiger partial charge in [-0.1, -0.05) is 0 Å². The van der Waals surface area contributed by atoms with Gasteiger partial charge in [-0.3, -0.25) is 0 Å². The average Bonchev–Trinajstić information content (AvgIpc) is 2.88. The van der Waals surface area contributed by atoms with Gasteiger partial charge in [0.15, 0.2) is 0 Å². The van der Waals surface area contributed by atoms with E-state index in [1.54, 1.807) is 22.7 Å². The quantitative estimate of drug-likeness (QED) is 0.795. The highest BCUT2D eigenvalue weighted by molar-refractivity contribution is 7.10. The maximum atomic E-state index is 9.01. The van der Waals surface area contributed by atoms with Crippen molar-refractivity contribution in [2.75, 3.05) is 0 Å². The Morgan fingerprint density at radius 3 is 2.80 bits per heavy atom. The Hall–Kier alpha value is -1.18. The predicted octanol–water partition coefficient (Wildman–Crippen LogP) is 3.67. The number of thiazole rings is 1. The van der Waals surface area contributed by atoms with Crippen LogP contribution in [0.25, 0.3) is 11.3 Å². The Morgan fingerprint density at radius 2 is 2.20 bits per heavy atom. The monoisotopic (exact) mass is 234 g/mol. The van der Waals surface area contributed by atoms with Crippen LogP contribution < -0.4 is 0 Å². The molecule has 0 aliphatic heterocycles. The van der Waals surface area contributed by atoms with Crippen LogP contribution in [-0.4, -0.2) is 4.98 Å². The first-order chi connectivity index (χ1) is 7.13. The van der Waals surface area contributed by atoms with E-state index in [9.17, 15) is 0 Å². The van der Waals surface area contributed by atoms with Gasteiger partial charge in [-0.15, -0.1) is 11.3 Å². The molecule has 0 radical (unpaired) electrons. The van der Waals surface area contributed by atoms with Crippen LogP contribution in [0, 0.1) is 11.3 Å². The van der Waals surface area contributed by atoms with Crippen LogP contribution in [0.1, 0.15) is 18.9 Å². The first-order valence-electron chi connectivity index (χ1n) is 4.53. The van der Waals surface area contributed by atoms with E-state index in [1.165, 1.54) is 0 Å². The summed E-state index contributed by atoms with van der Waals surface area (Å²) in [5.74, 6) is 0. The number of hydrogen-bond acceptors (Lipinski definition) is 4. The van der Waals surface area contributed by atoms with Gasteiger partial charge in [0.1, 0.15) is 10.4 Å². The fraction of sp³-hybridized carbons (Fsp3) is 0.273. The molecule has 0 N–H and O–H groups in total. The SMILES string of the molecule is CC(C)(C#N)c1nc(-c2ccsc2)cs1. The minimum atomic E-state index is -0.487. The summed E-state index contributed by atoms with van der Waals surface area (Å²) in [6, 6.07) is 4.31. The molecule has 76 valence electrons. The molecular formula is C11H10N2S2. The smallest absolute Gasteiger partial charge is 0.113 e. The molecule has 2 nitrogen and oxygen atoms in total. The van der Waals surface area contributed by atoms with E-state index in [-0.39, 0.29) is 0 Å². The maximum Gasteiger partial charge on any atom is 0.113 e. The second-order valence-electron chi connectivity index (χ2n) is 3.79. The third-order valence-corrected chi connectivity index (χ3v) is 3.98. The molecule has 2 aromatic rings. The fourth-order valence-electron chi connectivity index (χ4n) is 1.15. The van der Waals surface area contributed by atoms with Gasteiger partial charge in [0.25, 0.3) is 0 Å². The van der Waals surface area contributed by atoms with Gasteiger partial charge in [0.2, 0.25) is 0 Å². The molecule has 0 spiro atoms. The van der Waals surface area contributed by atoms with Gasteiger partial charge in [-0.2, -0.15) is 16.6 Å². The van der Waals surface area contributed by atoms with Crippen LogP contribution in [0.5, 0.6) is 0 Å². The lowest BCUT2D eigenvalue weighted by atomic mass is 9.97. The van der Waals surface area contributed by atoms with Crippen molar-refractivity contribution in [3.63, 3.8) is 0 Å². The average molecular weight is 234 g/mol. The first kappa shape index (κ1) is 10.3. The van der Waals surface area contributed by atoms with Crippen LogP contribution >= 0.6 is 22.7 Å². The van der Waals surface area contributed by atoms with Crippen molar-refractivity contribution in [3.8, 4) is 17.3 Å². The van der Waals surface area contributed by atoms with E-state index in [2.05, 4.69) is 16.4 Å². The lowest BCUT2D eigenvalue weighted by Crippen LogP contribution is -2.13. The molecule has 0 bridgehead atoms. The highest BCUT2D eigenvalue weighted by Gasteiger charge is 2.23. The van der Waals surface area contributed by atoms with E-state index < -0.39 is 5.41 Å². The molecule has 0 saturated carbocycles. The van der Waals surface area contributed by atoms with E-state index in [4.69, 9.17) is 5.26 Å². The van der Waals surface area contributed by atoms with Crippen molar-refractivity contribution in [1.82, 2.24) is 4.98 Å². The molecule has 0 amide bonds. The van der Waals surface area contributed by atoms with Crippen molar-refractivity contribution >= 4 is 22.7 Å². The standard InChI is InChI=1S/C11H10N2S2/c1-11(2,7-12)10-13-9(6-15-10)8-3-4-14-5-8/h3-6H,1-2H3. The number of rotatable bonds is 2. The maximum absolute atomic E-state index is 9.01. The summed E-state index contributed by atoms with van der Waals surface area (Å²) < 4.78 is 0. The molecular weight excluding hydrogens is 224 g/mol. The zero-order chi connectivity index (χ0) is 10.9. The lowest BCUT2D eigenvalue weighted by Gasteiger charge is -2.09. The summed E-state index contributed by atoms with van der Waals surface area (Å²) in [7, 11) is 0. The molecule has 0 aliphatic carbocycles. The van der Waals surface area contributed by atoms with Crippen molar-refractivity contribution in [3.05, 3.63) is 27.2 Å². The topological polar surface area (TPSA) is 36.7 Å². The molecule has 2 aromatic heterocycles. The molecule has 15 heavy (non-hydrogen) atoms. The molecule has 2 heterocycles. The van der Waals surface area contributed by atoms with E-state index in [1.807, 2.05) is 30.7 Å². The van der Waals surface area contributed by atoms with Crippen molar-refractivity contribution in [1.29, 1.82) is 5.26 Å². The summed E-state index contributed by atoms with van der Waals surface area (Å²) in [5, 5.41) is 16.0. The van der Waals surface area contributed by atoms with Crippen LogP contribution in [0.4, 0.5) is 0 Å². The zero-order valence-electron chi connectivity index (χ0n) is 8.52. The molecule has 0 saturated heterocycles. The molecule has 0 atom stereocenters. The van der Waals surface area contributed by atoms with Crippen molar-refractivity contribution in [2.45, 2.75) is 19.3 Å². The third-order valence-electron chi connectivity index (χ3n) is 2.14. The Balaban J connectivity index is 2.38. The Morgan fingerprint density at radius 1 is 1.40 bits per heavy atom. The van der Waals surface area contributed by atoms with Gasteiger partial charge in [-0.25, -0.2) is 4.98 Å². The van der Waals surface area contributed by atoms with Crippen LogP contribution in [0.2, 0.25) is 0 Å². The number of aromatic nitrogens is 1. The second kappa shape index (κ2) is 3.76. The van der Waals surface area contributed by atoms with E-state index in [0.717, 1.165) is 16.3 Å². The predicted molar refractivity (Wildman–Crippen MR) is 64.1 cm³/mol. The number of hydrogen-bond donors (Lipinski definition) is 0. The minimum absolute atomic E-state index is 0.487. The van der Waals surface area contributed by atoms with Crippen molar-refractivity contribution < 1.29 is 0 Å². The normalized spacial score (nSPS) is 11.3. The Kier molecular flexibility index (Phi) is 2.59. The summed E-state index contributed by atoms with van der Waals surface area (Å²) in [6.45, 7) is 3.78. The van der Waals surface area contributed by atoms with Crippen LogP contribution in [0.3, 0.4) is 0 Å². The van der Waals surface area contributed by atoms with Gasteiger partial charge < -0.3 is 0 Å². The van der Waals surface area contributed by atoms with E-state index >= 15 is 0 Å². The summed E-state index contributed by atoms with van der Waals surface area (Å²) in [4.78, 5) is 4.50. The number of nitrogens with zero attached hydrogens (tertiary/aromatic N) is 2. The highest BCUT2D eigenvalue weighted by atomic mass is 32.1. The minimum Gasteiger partial charge on any atom is -0.239 e. The number of nitriles is 1. The summed E-state index contributed by atoms with van der Waals surface area (Å²) in [6.07, 6.45) is 0. The van der Waals surface area contributed by atoms with E-state index in [0.29, 0.717) is 0 Å². The number of thiophene rings is 1. The second-order valence-corrected chi connectivity index (χ2v) is 5.42. The molecule has 0 fully saturated rings. The largest absolute Gasteiger partial charge is 0.239 e. The Bertz CT molecular complexity index is 489. The lowest BCUT2D eigenvalue weighted by molar-refractivity contribution is 0.680.